The molecule has 1 heterocycles. The average molecular weight is 170 g/mol. The first kappa shape index (κ1) is 6.98. The van der Waals surface area contributed by atoms with Gasteiger partial charge in [0.25, 0.3) is 0 Å². The van der Waals surface area contributed by atoms with E-state index in [2.05, 4.69) is 0 Å². The van der Waals surface area contributed by atoms with Crippen LogP contribution in [-0.4, -0.2) is 9.96 Å². The van der Waals surface area contributed by atoms with Gasteiger partial charge in [0.05, 0.1) is 10.8 Å². The summed E-state index contributed by atoms with van der Waals surface area (Å²) in [5, 5.41) is 0. The van der Waals surface area contributed by atoms with Gasteiger partial charge in [-0.2, -0.15) is 0 Å². The third kappa shape index (κ3) is 0.997. The van der Waals surface area contributed by atoms with Crippen molar-refractivity contribution in [1.82, 2.24) is 0 Å². The SMILES string of the molecule is O=S1CCc2c(F)cccc21. The average Bonchev–Trinajstić information content (AvgIpc) is 2.35. The zero-order valence-electron chi connectivity index (χ0n) is 5.84. The van der Waals surface area contributed by atoms with Crippen LogP contribution in [0.3, 0.4) is 0 Å². The van der Waals surface area contributed by atoms with Gasteiger partial charge in [0.1, 0.15) is 5.82 Å². The summed E-state index contributed by atoms with van der Waals surface area (Å²) in [6, 6.07) is 4.76. The molecule has 3 heteroatoms. The smallest absolute Gasteiger partial charge is 0.127 e. The molecule has 58 valence electrons. The maximum Gasteiger partial charge on any atom is 0.127 e. The second kappa shape index (κ2) is 2.41. The summed E-state index contributed by atoms with van der Waals surface area (Å²) in [7, 11) is -0.948. The van der Waals surface area contributed by atoms with Crippen LogP contribution in [0.5, 0.6) is 0 Å². The third-order valence-corrected chi connectivity index (χ3v) is 3.31. The fourth-order valence-corrected chi connectivity index (χ4v) is 2.61. The van der Waals surface area contributed by atoms with Crippen LogP contribution < -0.4 is 0 Å². The molecule has 0 N–H and O–H groups in total. The molecule has 1 unspecified atom stereocenters. The molecule has 1 nitrogen and oxygen atoms in total. The van der Waals surface area contributed by atoms with Crippen molar-refractivity contribution in [3.05, 3.63) is 29.6 Å². The first-order valence-electron chi connectivity index (χ1n) is 3.45. The summed E-state index contributed by atoms with van der Waals surface area (Å²) in [5.41, 5.74) is 0.644. The lowest BCUT2D eigenvalue weighted by Gasteiger charge is -1.96. The minimum Gasteiger partial charge on any atom is -0.254 e. The van der Waals surface area contributed by atoms with Crippen LogP contribution in [0.15, 0.2) is 23.1 Å². The summed E-state index contributed by atoms with van der Waals surface area (Å²) in [6.07, 6.45) is 0.620. The summed E-state index contributed by atoms with van der Waals surface area (Å²) in [5.74, 6) is 0.365. The maximum absolute atomic E-state index is 12.9. The van der Waals surface area contributed by atoms with Crippen LogP contribution in [0, 0.1) is 5.82 Å². The van der Waals surface area contributed by atoms with Gasteiger partial charge >= 0.3 is 0 Å². The van der Waals surface area contributed by atoms with Crippen molar-refractivity contribution in [3.63, 3.8) is 0 Å². The van der Waals surface area contributed by atoms with Crippen molar-refractivity contribution in [2.45, 2.75) is 11.3 Å². The molecule has 2 rings (SSSR count). The predicted octanol–water partition coefficient (Wildman–Crippen LogP) is 1.49. The minimum absolute atomic E-state index is 0.214. The van der Waals surface area contributed by atoms with Gasteiger partial charge in [0, 0.05) is 16.2 Å². The van der Waals surface area contributed by atoms with E-state index in [1.54, 1.807) is 12.1 Å². The molecule has 0 aromatic heterocycles. The van der Waals surface area contributed by atoms with Gasteiger partial charge in [-0.1, -0.05) is 6.07 Å². The van der Waals surface area contributed by atoms with Crippen molar-refractivity contribution in [2.75, 3.05) is 5.75 Å². The number of halogens is 1. The van der Waals surface area contributed by atoms with Crippen molar-refractivity contribution in [1.29, 1.82) is 0 Å². The number of benzene rings is 1. The van der Waals surface area contributed by atoms with E-state index in [0.29, 0.717) is 22.6 Å². The molecule has 0 aliphatic carbocycles. The molecule has 0 bridgehead atoms. The van der Waals surface area contributed by atoms with Crippen LogP contribution in [0.1, 0.15) is 5.56 Å². The molecular formula is C8H7FOS. The molecule has 0 spiro atoms. The van der Waals surface area contributed by atoms with Gasteiger partial charge in [-0.15, -0.1) is 0 Å². The topological polar surface area (TPSA) is 17.1 Å². The Balaban J connectivity index is 2.66. The molecule has 0 fully saturated rings. The molecule has 1 aliphatic heterocycles. The summed E-state index contributed by atoms with van der Waals surface area (Å²) < 4.78 is 24.1. The Morgan fingerprint density at radius 2 is 2.27 bits per heavy atom. The van der Waals surface area contributed by atoms with Gasteiger partial charge in [-0.3, -0.25) is 4.21 Å². The fraction of sp³-hybridized carbons (Fsp3) is 0.250. The van der Waals surface area contributed by atoms with Gasteiger partial charge < -0.3 is 0 Å². The molecular weight excluding hydrogens is 163 g/mol. The summed E-state index contributed by atoms with van der Waals surface area (Å²) >= 11 is 0. The number of hydrogen-bond acceptors (Lipinski definition) is 1. The van der Waals surface area contributed by atoms with Gasteiger partial charge in [0.15, 0.2) is 0 Å². The summed E-state index contributed by atoms with van der Waals surface area (Å²) in [4.78, 5) is 0.685. The Morgan fingerprint density at radius 3 is 3.00 bits per heavy atom. The van der Waals surface area contributed by atoms with Crippen molar-refractivity contribution >= 4 is 10.8 Å². The Labute approximate surface area is 66.7 Å². The maximum atomic E-state index is 12.9. The first-order valence-corrected chi connectivity index (χ1v) is 4.76. The van der Waals surface area contributed by atoms with Crippen LogP contribution in [0.2, 0.25) is 0 Å². The predicted molar refractivity (Wildman–Crippen MR) is 41.4 cm³/mol. The van der Waals surface area contributed by atoms with E-state index in [0.717, 1.165) is 0 Å². The normalized spacial score (nSPS) is 21.7. The largest absolute Gasteiger partial charge is 0.254 e. The fourth-order valence-electron chi connectivity index (χ4n) is 1.30. The highest BCUT2D eigenvalue weighted by atomic mass is 32.2. The quantitative estimate of drug-likeness (QED) is 0.576. The van der Waals surface area contributed by atoms with E-state index < -0.39 is 10.8 Å². The number of hydrogen-bond donors (Lipinski definition) is 0. The molecule has 0 saturated heterocycles. The van der Waals surface area contributed by atoms with E-state index in [-0.39, 0.29) is 5.82 Å². The first-order chi connectivity index (χ1) is 5.29. The molecule has 0 amide bonds. The van der Waals surface area contributed by atoms with E-state index in [1.165, 1.54) is 6.07 Å². The molecule has 0 radical (unpaired) electrons. The van der Waals surface area contributed by atoms with Gasteiger partial charge in [-0.05, 0) is 18.6 Å². The van der Waals surface area contributed by atoms with Gasteiger partial charge in [-0.25, -0.2) is 4.39 Å². The lowest BCUT2D eigenvalue weighted by Crippen LogP contribution is -1.87. The molecule has 0 saturated carbocycles. The minimum atomic E-state index is -0.948. The number of fused-ring (bicyclic) bond motifs is 1. The Kier molecular flexibility index (Phi) is 1.53. The van der Waals surface area contributed by atoms with E-state index >= 15 is 0 Å². The molecule has 1 aliphatic rings. The Hall–Kier alpha value is -0.700. The van der Waals surface area contributed by atoms with E-state index in [1.807, 2.05) is 0 Å². The zero-order chi connectivity index (χ0) is 7.84. The highest BCUT2D eigenvalue weighted by Gasteiger charge is 2.20. The highest BCUT2D eigenvalue weighted by Crippen LogP contribution is 2.24. The second-order valence-electron chi connectivity index (χ2n) is 2.52. The monoisotopic (exact) mass is 170 g/mol. The molecule has 1 aromatic rings. The lowest BCUT2D eigenvalue weighted by atomic mass is 10.2. The molecule has 11 heavy (non-hydrogen) atoms. The second-order valence-corrected chi connectivity index (χ2v) is 4.06. The third-order valence-electron chi connectivity index (χ3n) is 1.86. The zero-order valence-corrected chi connectivity index (χ0v) is 6.66. The Morgan fingerprint density at radius 1 is 1.45 bits per heavy atom. The van der Waals surface area contributed by atoms with Crippen LogP contribution in [0.25, 0.3) is 0 Å². The van der Waals surface area contributed by atoms with Crippen LogP contribution >= 0.6 is 0 Å². The van der Waals surface area contributed by atoms with E-state index in [9.17, 15) is 8.60 Å². The van der Waals surface area contributed by atoms with E-state index in [4.69, 9.17) is 0 Å². The van der Waals surface area contributed by atoms with Crippen LogP contribution in [0.4, 0.5) is 4.39 Å². The Bertz CT molecular complexity index is 322. The highest BCUT2D eigenvalue weighted by molar-refractivity contribution is 7.85. The van der Waals surface area contributed by atoms with Crippen molar-refractivity contribution < 1.29 is 8.60 Å². The molecule has 1 aromatic carbocycles. The number of rotatable bonds is 0. The van der Waals surface area contributed by atoms with Crippen LogP contribution in [-0.2, 0) is 17.2 Å². The molecule has 1 atom stereocenters. The summed E-state index contributed by atoms with van der Waals surface area (Å²) in [6.45, 7) is 0. The van der Waals surface area contributed by atoms with Crippen molar-refractivity contribution in [2.24, 2.45) is 0 Å². The standard InChI is InChI=1S/C8H7FOS/c9-7-2-1-3-8-6(7)4-5-11(8)10/h1-3H,4-5H2. The lowest BCUT2D eigenvalue weighted by molar-refractivity contribution is 0.609. The van der Waals surface area contributed by atoms with Crippen molar-refractivity contribution in [3.8, 4) is 0 Å². The van der Waals surface area contributed by atoms with Gasteiger partial charge in [0.2, 0.25) is 0 Å².